The van der Waals surface area contributed by atoms with Gasteiger partial charge in [0, 0.05) is 5.39 Å². The van der Waals surface area contributed by atoms with Crippen LogP contribution in [0.4, 0.5) is 0 Å². The van der Waals surface area contributed by atoms with Gasteiger partial charge >= 0.3 is 39.7 Å². The fourth-order valence-corrected chi connectivity index (χ4v) is 3.27. The molecule has 3 rings (SSSR count). The van der Waals surface area contributed by atoms with E-state index in [1.54, 1.807) is 6.07 Å². The molecule has 0 unspecified atom stereocenters. The summed E-state index contributed by atoms with van der Waals surface area (Å²) < 4.78 is 28.8. The summed E-state index contributed by atoms with van der Waals surface area (Å²) >= 11 is 0. The average molecular weight is 308 g/mol. The third kappa shape index (κ3) is 2.99. The standard InChI is InChI=1S/C16H12O3S.Na.H/c1-2-19-20(17,18)16-9-5-8-14-10-12-6-3-4-7-13(12)11-15(14)16;;/h2-11H,1H2;;/q;+1;-1. The van der Waals surface area contributed by atoms with Gasteiger partial charge in [-0.05, 0) is 34.4 Å². The van der Waals surface area contributed by atoms with Gasteiger partial charge in [-0.1, -0.05) is 43.0 Å². The third-order valence-corrected chi connectivity index (χ3v) is 4.45. The van der Waals surface area contributed by atoms with E-state index in [1.807, 2.05) is 42.5 Å². The Balaban J connectivity index is 0.00000121. The van der Waals surface area contributed by atoms with Gasteiger partial charge in [-0.3, -0.25) is 0 Å². The van der Waals surface area contributed by atoms with E-state index in [4.69, 9.17) is 0 Å². The quantitative estimate of drug-likeness (QED) is 0.313. The Morgan fingerprint density at radius 3 is 2.24 bits per heavy atom. The second kappa shape index (κ2) is 6.20. The normalized spacial score (nSPS) is 11.0. The number of hydrogen-bond acceptors (Lipinski definition) is 3. The molecule has 0 radical (unpaired) electrons. The fraction of sp³-hybridized carbons (Fsp3) is 0. The van der Waals surface area contributed by atoms with Crippen LogP contribution in [0, 0.1) is 0 Å². The van der Waals surface area contributed by atoms with Crippen LogP contribution >= 0.6 is 0 Å². The molecule has 3 nitrogen and oxygen atoms in total. The molecule has 0 aliphatic rings. The van der Waals surface area contributed by atoms with Crippen molar-refractivity contribution in [3.63, 3.8) is 0 Å². The largest absolute Gasteiger partial charge is 1.00 e. The summed E-state index contributed by atoms with van der Waals surface area (Å²) in [5.74, 6) is 0. The predicted octanol–water partition coefficient (Wildman–Crippen LogP) is 0.958. The van der Waals surface area contributed by atoms with E-state index < -0.39 is 10.1 Å². The summed E-state index contributed by atoms with van der Waals surface area (Å²) in [5, 5.41) is 3.56. The number of hydrogen-bond donors (Lipinski definition) is 0. The van der Waals surface area contributed by atoms with Gasteiger partial charge in [0.1, 0.15) is 4.90 Å². The van der Waals surface area contributed by atoms with Gasteiger partial charge in [-0.2, -0.15) is 8.42 Å². The zero-order valence-corrected chi connectivity index (χ0v) is 14.4. The summed E-state index contributed by atoms with van der Waals surface area (Å²) in [6.07, 6.45) is 0.926. The van der Waals surface area contributed by atoms with Gasteiger partial charge in [0.05, 0.1) is 6.26 Å². The summed E-state index contributed by atoms with van der Waals surface area (Å²) in [6.45, 7) is 3.30. The Morgan fingerprint density at radius 1 is 0.952 bits per heavy atom. The second-order valence-electron chi connectivity index (χ2n) is 4.39. The Morgan fingerprint density at radius 2 is 1.57 bits per heavy atom. The van der Waals surface area contributed by atoms with E-state index in [1.165, 1.54) is 6.07 Å². The van der Waals surface area contributed by atoms with E-state index in [-0.39, 0.29) is 35.9 Å². The number of fused-ring (bicyclic) bond motifs is 2. The smallest absolute Gasteiger partial charge is 1.00 e. The molecule has 3 aromatic rings. The molecule has 0 atom stereocenters. The monoisotopic (exact) mass is 308 g/mol. The van der Waals surface area contributed by atoms with E-state index in [9.17, 15) is 8.42 Å². The molecule has 3 aromatic carbocycles. The summed E-state index contributed by atoms with van der Waals surface area (Å²) in [6, 6.07) is 16.8. The Hall–Kier alpha value is -1.33. The molecule has 0 spiro atoms. The Kier molecular flexibility index (Phi) is 4.74. The Labute approximate surface area is 147 Å². The van der Waals surface area contributed by atoms with Crippen LogP contribution in [0.25, 0.3) is 21.5 Å². The van der Waals surface area contributed by atoms with E-state index in [0.717, 1.165) is 22.4 Å². The second-order valence-corrected chi connectivity index (χ2v) is 5.93. The van der Waals surface area contributed by atoms with Crippen molar-refractivity contribution >= 4 is 31.7 Å². The predicted molar refractivity (Wildman–Crippen MR) is 81.0 cm³/mol. The maximum Gasteiger partial charge on any atom is 1.00 e. The first kappa shape index (κ1) is 16.0. The minimum atomic E-state index is -3.82. The molecule has 0 saturated carbocycles. The molecule has 0 aliphatic carbocycles. The zero-order chi connectivity index (χ0) is 14.2. The number of rotatable bonds is 3. The van der Waals surface area contributed by atoms with Crippen LogP contribution in [0.3, 0.4) is 0 Å². The average Bonchev–Trinajstić information content (AvgIpc) is 2.44. The van der Waals surface area contributed by atoms with Crippen LogP contribution in [-0.2, 0) is 14.3 Å². The molecule has 21 heavy (non-hydrogen) atoms. The Bertz CT molecular complexity index is 923. The molecule has 0 aromatic heterocycles. The van der Waals surface area contributed by atoms with Crippen LogP contribution in [0.2, 0.25) is 0 Å². The van der Waals surface area contributed by atoms with Gasteiger partial charge < -0.3 is 5.61 Å². The molecule has 102 valence electrons. The first-order valence-electron chi connectivity index (χ1n) is 6.07. The molecule has 0 saturated heterocycles. The fourth-order valence-electron chi connectivity index (χ4n) is 2.30. The van der Waals surface area contributed by atoms with Gasteiger partial charge in [-0.15, -0.1) is 0 Å². The van der Waals surface area contributed by atoms with Crippen molar-refractivity contribution in [3.8, 4) is 0 Å². The van der Waals surface area contributed by atoms with Crippen molar-refractivity contribution < 1.29 is 43.6 Å². The van der Waals surface area contributed by atoms with Crippen molar-refractivity contribution in [2.24, 2.45) is 0 Å². The first-order chi connectivity index (χ1) is 9.62. The molecule has 0 N–H and O–H groups in total. The molecule has 0 fully saturated rings. The first-order valence-corrected chi connectivity index (χ1v) is 7.48. The molecule has 0 aliphatic heterocycles. The minimum Gasteiger partial charge on any atom is -1.00 e. The van der Waals surface area contributed by atoms with Crippen molar-refractivity contribution in [2.75, 3.05) is 0 Å². The molecule has 0 heterocycles. The van der Waals surface area contributed by atoms with Crippen molar-refractivity contribution in [3.05, 3.63) is 67.4 Å². The van der Waals surface area contributed by atoms with Gasteiger partial charge in [0.2, 0.25) is 0 Å². The molecule has 5 heteroatoms. The van der Waals surface area contributed by atoms with Gasteiger partial charge in [0.25, 0.3) is 0 Å². The summed E-state index contributed by atoms with van der Waals surface area (Å²) in [7, 11) is -3.82. The third-order valence-electron chi connectivity index (χ3n) is 3.17. The SMILES string of the molecule is C=COS(=O)(=O)c1cccc2cc3ccccc3cc12.[H-].[Na+]. The molecule has 0 amide bonds. The van der Waals surface area contributed by atoms with Crippen LogP contribution in [0.5, 0.6) is 0 Å². The van der Waals surface area contributed by atoms with Gasteiger partial charge in [-0.25, -0.2) is 0 Å². The minimum absolute atomic E-state index is 0. The van der Waals surface area contributed by atoms with Crippen LogP contribution in [0.1, 0.15) is 1.43 Å². The topological polar surface area (TPSA) is 43.4 Å². The number of benzene rings is 3. The molecule has 0 bridgehead atoms. The summed E-state index contributed by atoms with van der Waals surface area (Å²) in [5.41, 5.74) is 0. The maximum absolute atomic E-state index is 12.1. The maximum atomic E-state index is 12.1. The summed E-state index contributed by atoms with van der Waals surface area (Å²) in [4.78, 5) is 0.153. The van der Waals surface area contributed by atoms with Crippen LogP contribution in [-0.4, -0.2) is 8.42 Å². The van der Waals surface area contributed by atoms with E-state index in [2.05, 4.69) is 10.8 Å². The molecular formula is C16H13NaO3S. The zero-order valence-electron chi connectivity index (χ0n) is 12.6. The van der Waals surface area contributed by atoms with Crippen molar-refractivity contribution in [2.45, 2.75) is 4.90 Å². The van der Waals surface area contributed by atoms with E-state index >= 15 is 0 Å². The van der Waals surface area contributed by atoms with Crippen molar-refractivity contribution in [1.29, 1.82) is 0 Å². The van der Waals surface area contributed by atoms with Gasteiger partial charge in [0.15, 0.2) is 0 Å². The van der Waals surface area contributed by atoms with Crippen molar-refractivity contribution in [1.82, 2.24) is 0 Å². The van der Waals surface area contributed by atoms with Crippen LogP contribution < -0.4 is 29.6 Å². The van der Waals surface area contributed by atoms with Crippen LogP contribution in [0.15, 0.2) is 72.3 Å². The molecular weight excluding hydrogens is 295 g/mol. The van der Waals surface area contributed by atoms with E-state index in [0.29, 0.717) is 5.39 Å².